The highest BCUT2D eigenvalue weighted by Crippen LogP contribution is 2.32. The van der Waals surface area contributed by atoms with Crippen LogP contribution in [0.3, 0.4) is 0 Å². The number of anilines is 2. The van der Waals surface area contributed by atoms with Crippen LogP contribution in [0.1, 0.15) is 5.56 Å². The van der Waals surface area contributed by atoms with E-state index in [4.69, 9.17) is 0 Å². The summed E-state index contributed by atoms with van der Waals surface area (Å²) in [5, 5.41) is 6.07. The molecule has 1 N–H and O–H groups in total. The monoisotopic (exact) mass is 502 g/mol. The Labute approximate surface area is 229 Å². The first-order valence-electron chi connectivity index (χ1n) is 13.3. The number of nitrogens with zero attached hydrogens (tertiary/aromatic N) is 1. The lowest BCUT2D eigenvalue weighted by molar-refractivity contribution is 1.18. The molecule has 0 saturated heterocycles. The van der Waals surface area contributed by atoms with Gasteiger partial charge in [0, 0.05) is 27.8 Å². The van der Waals surface area contributed by atoms with Gasteiger partial charge in [-0.3, -0.25) is 0 Å². The van der Waals surface area contributed by atoms with Gasteiger partial charge < -0.3 is 9.88 Å². The molecule has 0 atom stereocenters. The average molecular weight is 503 g/mol. The zero-order valence-electron chi connectivity index (χ0n) is 21.8. The number of nitrogens with one attached hydrogen (secondary N) is 1. The first kappa shape index (κ1) is 24.3. The summed E-state index contributed by atoms with van der Waals surface area (Å²) in [6.45, 7) is 3.68. The summed E-state index contributed by atoms with van der Waals surface area (Å²) in [6.07, 6.45) is 10.8. The van der Waals surface area contributed by atoms with Crippen LogP contribution in [0.2, 0.25) is 0 Å². The van der Waals surface area contributed by atoms with Gasteiger partial charge in [-0.25, -0.2) is 0 Å². The third-order valence-electron chi connectivity index (χ3n) is 7.01. The fourth-order valence-electron chi connectivity index (χ4n) is 5.07. The predicted molar refractivity (Wildman–Crippen MR) is 168 cm³/mol. The normalized spacial score (nSPS) is 11.6. The van der Waals surface area contributed by atoms with Crippen LogP contribution in [0, 0.1) is 0 Å². The van der Waals surface area contributed by atoms with Crippen molar-refractivity contribution in [3.8, 4) is 16.8 Å². The van der Waals surface area contributed by atoms with Crippen LogP contribution in [-0.4, -0.2) is 4.57 Å². The molecule has 0 spiro atoms. The van der Waals surface area contributed by atoms with Crippen LogP contribution in [0.25, 0.3) is 38.6 Å². The van der Waals surface area contributed by atoms with Crippen molar-refractivity contribution in [3.63, 3.8) is 0 Å². The molecule has 0 aliphatic carbocycles. The fraction of sp³-hybridized carbons (Fsp3) is 0.0270. The number of fused-ring (bicyclic) bond motifs is 3. The topological polar surface area (TPSA) is 17.0 Å². The molecule has 39 heavy (non-hydrogen) atoms. The van der Waals surface area contributed by atoms with E-state index in [2.05, 4.69) is 144 Å². The first-order valence-corrected chi connectivity index (χ1v) is 13.3. The SMILES string of the molecule is C=C/C=C\C=C/Cc1ccc(Nc2ccc(-c3ccc(-n4c5ccccc5c5ccccc54)cc3)cc2)cc1. The summed E-state index contributed by atoms with van der Waals surface area (Å²) in [5.41, 5.74) is 9.46. The van der Waals surface area contributed by atoms with Gasteiger partial charge >= 0.3 is 0 Å². The van der Waals surface area contributed by atoms with Gasteiger partial charge in [0.15, 0.2) is 0 Å². The van der Waals surface area contributed by atoms with Crippen molar-refractivity contribution in [2.75, 3.05) is 5.32 Å². The lowest BCUT2D eigenvalue weighted by Gasteiger charge is -2.11. The minimum absolute atomic E-state index is 0.909. The van der Waals surface area contributed by atoms with Crippen LogP contribution in [0.4, 0.5) is 11.4 Å². The number of aromatic nitrogens is 1. The largest absolute Gasteiger partial charge is 0.356 e. The van der Waals surface area contributed by atoms with Crippen LogP contribution < -0.4 is 5.32 Å². The second-order valence-electron chi connectivity index (χ2n) is 9.57. The maximum atomic E-state index is 3.68. The Morgan fingerprint density at radius 2 is 1.10 bits per heavy atom. The van der Waals surface area contributed by atoms with E-state index in [0.717, 1.165) is 17.8 Å². The minimum atomic E-state index is 0.909. The summed E-state index contributed by atoms with van der Waals surface area (Å²) in [4.78, 5) is 0. The Kier molecular flexibility index (Phi) is 6.92. The minimum Gasteiger partial charge on any atom is -0.356 e. The van der Waals surface area contributed by atoms with Gasteiger partial charge in [-0.1, -0.05) is 110 Å². The third kappa shape index (κ3) is 5.18. The fourth-order valence-corrected chi connectivity index (χ4v) is 5.07. The second-order valence-corrected chi connectivity index (χ2v) is 9.57. The predicted octanol–water partition coefficient (Wildman–Crippen LogP) is 10.0. The van der Waals surface area contributed by atoms with Crippen LogP contribution in [0.15, 0.2) is 158 Å². The van der Waals surface area contributed by atoms with Gasteiger partial charge in [0.05, 0.1) is 11.0 Å². The molecule has 0 bridgehead atoms. The van der Waals surface area contributed by atoms with Crippen molar-refractivity contribution >= 4 is 33.2 Å². The molecule has 2 nitrogen and oxygen atoms in total. The molecule has 0 aliphatic rings. The van der Waals surface area contributed by atoms with Gasteiger partial charge in [-0.2, -0.15) is 0 Å². The van der Waals surface area contributed by atoms with Crippen molar-refractivity contribution in [2.45, 2.75) is 6.42 Å². The van der Waals surface area contributed by atoms with Gasteiger partial charge in [0.1, 0.15) is 0 Å². The van der Waals surface area contributed by atoms with Crippen molar-refractivity contribution in [3.05, 3.63) is 164 Å². The summed E-state index contributed by atoms with van der Waals surface area (Å²) in [7, 11) is 0. The zero-order chi connectivity index (χ0) is 26.4. The summed E-state index contributed by atoms with van der Waals surface area (Å²) in [5.74, 6) is 0. The van der Waals surface area contributed by atoms with Crippen molar-refractivity contribution < 1.29 is 0 Å². The summed E-state index contributed by atoms with van der Waals surface area (Å²) < 4.78 is 2.35. The third-order valence-corrected chi connectivity index (χ3v) is 7.01. The lowest BCUT2D eigenvalue weighted by Crippen LogP contribution is -1.93. The van der Waals surface area contributed by atoms with E-state index in [1.165, 1.54) is 44.2 Å². The van der Waals surface area contributed by atoms with Gasteiger partial charge in [0.2, 0.25) is 0 Å². The molecule has 0 unspecified atom stereocenters. The molecule has 6 rings (SSSR count). The molecule has 0 aliphatic heterocycles. The molecule has 6 aromatic rings. The Hall–Kier alpha value is -5.08. The molecule has 0 saturated carbocycles. The lowest BCUT2D eigenvalue weighted by atomic mass is 10.0. The molecular weight excluding hydrogens is 472 g/mol. The Bertz CT molecular complexity index is 1730. The molecule has 188 valence electrons. The van der Waals surface area contributed by atoms with E-state index in [9.17, 15) is 0 Å². The number of allylic oxidation sites excluding steroid dienone is 5. The van der Waals surface area contributed by atoms with Crippen LogP contribution in [-0.2, 0) is 6.42 Å². The van der Waals surface area contributed by atoms with Gasteiger partial charge in [-0.15, -0.1) is 0 Å². The maximum Gasteiger partial charge on any atom is 0.0541 e. The van der Waals surface area contributed by atoms with E-state index in [-0.39, 0.29) is 0 Å². The highest BCUT2D eigenvalue weighted by Gasteiger charge is 2.11. The average Bonchev–Trinajstić information content (AvgIpc) is 3.33. The molecule has 1 heterocycles. The number of hydrogen-bond acceptors (Lipinski definition) is 1. The van der Waals surface area contributed by atoms with Gasteiger partial charge in [-0.05, 0) is 71.6 Å². The standard InChI is InChI=1S/C37H30N2/c1-2-3-4-5-6-11-28-16-22-31(23-17-28)38-32-24-18-29(19-25-32)30-20-26-33(27-21-30)39-36-14-9-7-12-34(36)35-13-8-10-15-37(35)39/h2-10,12-27,38H,1,11H2/b4-3-,6-5-. The molecular formula is C37H30N2. The molecule has 5 aromatic carbocycles. The van der Waals surface area contributed by atoms with E-state index < -0.39 is 0 Å². The zero-order valence-corrected chi connectivity index (χ0v) is 21.8. The Morgan fingerprint density at radius 3 is 1.69 bits per heavy atom. The summed E-state index contributed by atoms with van der Waals surface area (Å²) >= 11 is 0. The van der Waals surface area contributed by atoms with Gasteiger partial charge in [0.25, 0.3) is 0 Å². The van der Waals surface area contributed by atoms with E-state index in [1.54, 1.807) is 6.08 Å². The molecule has 2 heteroatoms. The molecule has 1 aromatic heterocycles. The number of rotatable bonds is 8. The summed E-state index contributed by atoms with van der Waals surface area (Å²) in [6, 6.07) is 43.3. The van der Waals surface area contributed by atoms with Crippen molar-refractivity contribution in [2.24, 2.45) is 0 Å². The number of benzene rings is 5. The highest BCUT2D eigenvalue weighted by atomic mass is 15.0. The number of hydrogen-bond donors (Lipinski definition) is 1. The van der Waals surface area contributed by atoms with E-state index >= 15 is 0 Å². The molecule has 0 radical (unpaired) electrons. The quantitative estimate of drug-likeness (QED) is 0.205. The van der Waals surface area contributed by atoms with Crippen LogP contribution >= 0.6 is 0 Å². The maximum absolute atomic E-state index is 3.68. The molecule has 0 amide bonds. The Balaban J connectivity index is 1.17. The second kappa shape index (κ2) is 11.1. The first-order chi connectivity index (χ1) is 19.3. The highest BCUT2D eigenvalue weighted by molar-refractivity contribution is 6.09. The van der Waals surface area contributed by atoms with Crippen LogP contribution in [0.5, 0.6) is 0 Å². The van der Waals surface area contributed by atoms with Crippen molar-refractivity contribution in [1.29, 1.82) is 0 Å². The van der Waals surface area contributed by atoms with E-state index in [1.807, 2.05) is 18.2 Å². The molecule has 0 fully saturated rings. The smallest absolute Gasteiger partial charge is 0.0541 e. The number of para-hydroxylation sites is 2. The van der Waals surface area contributed by atoms with Crippen molar-refractivity contribution in [1.82, 2.24) is 4.57 Å². The Morgan fingerprint density at radius 1 is 0.564 bits per heavy atom. The van der Waals surface area contributed by atoms with E-state index in [0.29, 0.717) is 0 Å².